The Labute approximate surface area is 142 Å². The van der Waals surface area contributed by atoms with Crippen LogP contribution in [0.4, 0.5) is 4.79 Å². The minimum absolute atomic E-state index is 0.0269. The third-order valence-corrected chi connectivity index (χ3v) is 4.15. The summed E-state index contributed by atoms with van der Waals surface area (Å²) < 4.78 is 0. The van der Waals surface area contributed by atoms with Gasteiger partial charge in [0, 0.05) is 18.6 Å². The van der Waals surface area contributed by atoms with Crippen LogP contribution in [0.3, 0.4) is 0 Å². The van der Waals surface area contributed by atoms with E-state index < -0.39 is 0 Å². The van der Waals surface area contributed by atoms with Crippen molar-refractivity contribution in [2.75, 3.05) is 20.1 Å². The Bertz CT molecular complexity index is 543. The lowest BCUT2D eigenvalue weighted by atomic mass is 10.0. The van der Waals surface area contributed by atoms with Gasteiger partial charge < -0.3 is 15.5 Å². The van der Waals surface area contributed by atoms with Gasteiger partial charge in [0.1, 0.15) is 6.54 Å². The molecule has 0 saturated heterocycles. The van der Waals surface area contributed by atoms with Gasteiger partial charge in [0.15, 0.2) is 0 Å². The Kier molecular flexibility index (Phi) is 6.28. The van der Waals surface area contributed by atoms with E-state index in [1.54, 1.807) is 7.05 Å². The molecular formula is C17H24ClN3O2. The predicted octanol–water partition coefficient (Wildman–Crippen LogP) is 2.96. The van der Waals surface area contributed by atoms with Crippen molar-refractivity contribution in [2.45, 2.75) is 32.2 Å². The molecular weight excluding hydrogens is 314 g/mol. The SMILES string of the molecule is CCCNC(=O)CN(C)C(=O)NC(c1ccc(Cl)cc1)C1CC1. The molecule has 0 aliphatic heterocycles. The number of benzene rings is 1. The van der Waals surface area contributed by atoms with E-state index in [4.69, 9.17) is 11.6 Å². The van der Waals surface area contributed by atoms with Crippen LogP contribution < -0.4 is 10.6 Å². The molecule has 0 spiro atoms. The van der Waals surface area contributed by atoms with E-state index in [1.165, 1.54) is 4.90 Å². The molecule has 6 heteroatoms. The predicted molar refractivity (Wildman–Crippen MR) is 91.4 cm³/mol. The lowest BCUT2D eigenvalue weighted by Crippen LogP contribution is -2.44. The van der Waals surface area contributed by atoms with Crippen LogP contribution in [0.15, 0.2) is 24.3 Å². The maximum absolute atomic E-state index is 12.3. The summed E-state index contributed by atoms with van der Waals surface area (Å²) in [6.07, 6.45) is 3.09. The molecule has 1 aliphatic carbocycles. The van der Waals surface area contributed by atoms with Gasteiger partial charge in [-0.1, -0.05) is 30.7 Å². The van der Waals surface area contributed by atoms with Crippen LogP contribution in [-0.4, -0.2) is 37.0 Å². The molecule has 1 unspecified atom stereocenters. The molecule has 2 rings (SSSR count). The van der Waals surface area contributed by atoms with Gasteiger partial charge in [-0.25, -0.2) is 4.79 Å². The number of urea groups is 1. The lowest BCUT2D eigenvalue weighted by molar-refractivity contribution is -0.121. The number of halogens is 1. The van der Waals surface area contributed by atoms with Crippen molar-refractivity contribution < 1.29 is 9.59 Å². The van der Waals surface area contributed by atoms with E-state index >= 15 is 0 Å². The number of hydrogen-bond donors (Lipinski definition) is 2. The quantitative estimate of drug-likeness (QED) is 0.803. The first-order valence-electron chi connectivity index (χ1n) is 8.05. The van der Waals surface area contributed by atoms with Crippen molar-refractivity contribution in [3.63, 3.8) is 0 Å². The number of hydrogen-bond acceptors (Lipinski definition) is 2. The smallest absolute Gasteiger partial charge is 0.318 e. The van der Waals surface area contributed by atoms with Crippen molar-refractivity contribution in [3.8, 4) is 0 Å². The summed E-state index contributed by atoms with van der Waals surface area (Å²) in [6.45, 7) is 2.68. The summed E-state index contributed by atoms with van der Waals surface area (Å²) >= 11 is 5.93. The number of amides is 3. The molecule has 3 amide bonds. The number of nitrogens with one attached hydrogen (secondary N) is 2. The molecule has 0 aromatic heterocycles. The Morgan fingerprint density at radius 2 is 1.96 bits per heavy atom. The zero-order valence-electron chi connectivity index (χ0n) is 13.6. The molecule has 0 radical (unpaired) electrons. The molecule has 1 aromatic rings. The maximum atomic E-state index is 12.3. The fourth-order valence-corrected chi connectivity index (χ4v) is 2.55. The van der Waals surface area contributed by atoms with Crippen LogP contribution in [-0.2, 0) is 4.79 Å². The maximum Gasteiger partial charge on any atom is 0.318 e. The molecule has 1 aromatic carbocycles. The van der Waals surface area contributed by atoms with Crippen LogP contribution in [0, 0.1) is 5.92 Å². The molecule has 0 bridgehead atoms. The molecule has 1 fully saturated rings. The van der Waals surface area contributed by atoms with Crippen molar-refractivity contribution in [1.82, 2.24) is 15.5 Å². The fourth-order valence-electron chi connectivity index (χ4n) is 2.42. The van der Waals surface area contributed by atoms with E-state index in [1.807, 2.05) is 31.2 Å². The number of nitrogens with zero attached hydrogens (tertiary/aromatic N) is 1. The Balaban J connectivity index is 1.93. The number of likely N-dealkylation sites (N-methyl/N-ethyl adjacent to an activating group) is 1. The summed E-state index contributed by atoms with van der Waals surface area (Å²) in [6, 6.07) is 7.30. The van der Waals surface area contributed by atoms with E-state index in [0.717, 1.165) is 24.8 Å². The van der Waals surface area contributed by atoms with Crippen molar-refractivity contribution in [3.05, 3.63) is 34.9 Å². The lowest BCUT2D eigenvalue weighted by Gasteiger charge is -2.23. The highest BCUT2D eigenvalue weighted by molar-refractivity contribution is 6.30. The van der Waals surface area contributed by atoms with Crippen LogP contribution in [0.1, 0.15) is 37.8 Å². The summed E-state index contributed by atoms with van der Waals surface area (Å²) in [7, 11) is 1.63. The summed E-state index contributed by atoms with van der Waals surface area (Å²) in [5.74, 6) is 0.321. The minimum Gasteiger partial charge on any atom is -0.355 e. The van der Waals surface area contributed by atoms with Crippen LogP contribution >= 0.6 is 11.6 Å². The first kappa shape index (κ1) is 17.6. The molecule has 0 heterocycles. The van der Waals surface area contributed by atoms with Gasteiger partial charge >= 0.3 is 6.03 Å². The Morgan fingerprint density at radius 1 is 1.30 bits per heavy atom. The number of rotatable bonds is 7. The number of carbonyl (C=O) groups is 2. The largest absolute Gasteiger partial charge is 0.355 e. The van der Waals surface area contributed by atoms with Crippen LogP contribution in [0.25, 0.3) is 0 Å². The minimum atomic E-state index is -0.233. The fraction of sp³-hybridized carbons (Fsp3) is 0.529. The van der Waals surface area contributed by atoms with Gasteiger partial charge in [0.2, 0.25) is 5.91 Å². The topological polar surface area (TPSA) is 61.4 Å². The Hall–Kier alpha value is -1.75. The van der Waals surface area contributed by atoms with Gasteiger partial charge in [0.25, 0.3) is 0 Å². The highest BCUT2D eigenvalue weighted by Gasteiger charge is 2.34. The van der Waals surface area contributed by atoms with Gasteiger partial charge in [-0.05, 0) is 42.9 Å². The van der Waals surface area contributed by atoms with Crippen molar-refractivity contribution >= 4 is 23.5 Å². The van der Waals surface area contributed by atoms with E-state index in [0.29, 0.717) is 17.5 Å². The van der Waals surface area contributed by atoms with Gasteiger partial charge in [0.05, 0.1) is 6.04 Å². The molecule has 1 saturated carbocycles. The standard InChI is InChI=1S/C17H24ClN3O2/c1-3-10-19-15(22)11-21(2)17(23)20-16(12-4-5-12)13-6-8-14(18)9-7-13/h6-9,12,16H,3-5,10-11H2,1-2H3,(H,19,22)(H,20,23). The second-order valence-electron chi connectivity index (χ2n) is 6.02. The zero-order chi connectivity index (χ0) is 16.8. The van der Waals surface area contributed by atoms with Crippen molar-refractivity contribution in [1.29, 1.82) is 0 Å². The van der Waals surface area contributed by atoms with Crippen molar-refractivity contribution in [2.24, 2.45) is 5.92 Å². The summed E-state index contributed by atoms with van der Waals surface area (Å²) in [5, 5.41) is 6.49. The first-order chi connectivity index (χ1) is 11.0. The third kappa shape index (κ3) is 5.43. The number of carbonyl (C=O) groups excluding carboxylic acids is 2. The second kappa shape index (κ2) is 8.20. The van der Waals surface area contributed by atoms with E-state index in [9.17, 15) is 9.59 Å². The molecule has 23 heavy (non-hydrogen) atoms. The third-order valence-electron chi connectivity index (χ3n) is 3.90. The van der Waals surface area contributed by atoms with Crippen LogP contribution in [0.5, 0.6) is 0 Å². The Morgan fingerprint density at radius 3 is 2.52 bits per heavy atom. The zero-order valence-corrected chi connectivity index (χ0v) is 14.4. The molecule has 1 atom stereocenters. The first-order valence-corrected chi connectivity index (χ1v) is 8.43. The molecule has 5 nitrogen and oxygen atoms in total. The molecule has 1 aliphatic rings. The van der Waals surface area contributed by atoms with Gasteiger partial charge in [-0.3, -0.25) is 4.79 Å². The molecule has 126 valence electrons. The normalized spacial score (nSPS) is 14.9. The van der Waals surface area contributed by atoms with Crippen LogP contribution in [0.2, 0.25) is 5.02 Å². The van der Waals surface area contributed by atoms with E-state index in [-0.39, 0.29) is 24.5 Å². The average Bonchev–Trinajstić information content (AvgIpc) is 3.36. The average molecular weight is 338 g/mol. The highest BCUT2D eigenvalue weighted by atomic mass is 35.5. The highest BCUT2D eigenvalue weighted by Crippen LogP contribution is 2.41. The van der Waals surface area contributed by atoms with E-state index in [2.05, 4.69) is 10.6 Å². The summed E-state index contributed by atoms with van der Waals surface area (Å²) in [5.41, 5.74) is 1.05. The van der Waals surface area contributed by atoms with Gasteiger partial charge in [-0.15, -0.1) is 0 Å². The summed E-state index contributed by atoms with van der Waals surface area (Å²) in [4.78, 5) is 25.5. The molecule has 2 N–H and O–H groups in total. The van der Waals surface area contributed by atoms with Gasteiger partial charge in [-0.2, -0.15) is 0 Å². The monoisotopic (exact) mass is 337 g/mol. The second-order valence-corrected chi connectivity index (χ2v) is 6.46.